The SMILES string of the molecule is CN(C)c1ccc([C@@H](N)CCO)cc1.Cl.Cl. The third-order valence-electron chi connectivity index (χ3n) is 2.28. The lowest BCUT2D eigenvalue weighted by atomic mass is 10.0. The Morgan fingerprint density at radius 3 is 2.06 bits per heavy atom. The molecule has 1 atom stereocenters. The Bertz CT molecular complexity index is 278. The van der Waals surface area contributed by atoms with E-state index in [2.05, 4.69) is 0 Å². The Kier molecular flexibility index (Phi) is 9.67. The number of benzene rings is 1. The van der Waals surface area contributed by atoms with E-state index in [4.69, 9.17) is 10.8 Å². The average Bonchev–Trinajstić information content (AvgIpc) is 2.18. The number of aliphatic hydroxyl groups excluding tert-OH is 1. The molecule has 1 aromatic carbocycles. The summed E-state index contributed by atoms with van der Waals surface area (Å²) in [7, 11) is 4.01. The molecule has 0 aliphatic rings. The molecule has 0 aromatic heterocycles. The van der Waals surface area contributed by atoms with Crippen molar-refractivity contribution in [1.82, 2.24) is 0 Å². The Balaban J connectivity index is 0. The van der Waals surface area contributed by atoms with Crippen molar-refractivity contribution in [3.63, 3.8) is 0 Å². The van der Waals surface area contributed by atoms with E-state index in [1.54, 1.807) is 0 Å². The van der Waals surface area contributed by atoms with Gasteiger partial charge in [-0.05, 0) is 24.1 Å². The van der Waals surface area contributed by atoms with E-state index in [-0.39, 0.29) is 37.5 Å². The molecule has 0 fully saturated rings. The Hall–Kier alpha value is -0.480. The normalized spacial score (nSPS) is 11.0. The molecule has 0 heterocycles. The summed E-state index contributed by atoms with van der Waals surface area (Å²) in [5.41, 5.74) is 8.09. The van der Waals surface area contributed by atoms with Gasteiger partial charge in [0.05, 0.1) is 0 Å². The first-order valence-corrected chi connectivity index (χ1v) is 4.79. The van der Waals surface area contributed by atoms with Crippen LogP contribution in [-0.4, -0.2) is 25.8 Å². The smallest absolute Gasteiger partial charge is 0.0449 e. The molecule has 0 aliphatic heterocycles. The van der Waals surface area contributed by atoms with Crippen LogP contribution in [0, 0.1) is 0 Å². The third kappa shape index (κ3) is 5.03. The highest BCUT2D eigenvalue weighted by atomic mass is 35.5. The molecule has 0 bridgehead atoms. The molecule has 16 heavy (non-hydrogen) atoms. The fourth-order valence-corrected chi connectivity index (χ4v) is 1.33. The molecule has 3 nitrogen and oxygen atoms in total. The van der Waals surface area contributed by atoms with E-state index in [0.717, 1.165) is 11.3 Å². The van der Waals surface area contributed by atoms with E-state index in [9.17, 15) is 0 Å². The first-order valence-electron chi connectivity index (χ1n) is 4.79. The highest BCUT2D eigenvalue weighted by molar-refractivity contribution is 5.85. The largest absolute Gasteiger partial charge is 0.396 e. The van der Waals surface area contributed by atoms with Gasteiger partial charge in [0.1, 0.15) is 0 Å². The van der Waals surface area contributed by atoms with Crippen molar-refractivity contribution >= 4 is 30.5 Å². The summed E-state index contributed by atoms with van der Waals surface area (Å²) in [5.74, 6) is 0. The van der Waals surface area contributed by atoms with Gasteiger partial charge in [-0.3, -0.25) is 0 Å². The number of aliphatic hydroxyl groups is 1. The fourth-order valence-electron chi connectivity index (χ4n) is 1.33. The van der Waals surface area contributed by atoms with Crippen molar-refractivity contribution in [2.75, 3.05) is 25.6 Å². The molecule has 3 N–H and O–H groups in total. The van der Waals surface area contributed by atoms with Crippen molar-refractivity contribution in [2.45, 2.75) is 12.5 Å². The first kappa shape index (κ1) is 17.9. The lowest BCUT2D eigenvalue weighted by Gasteiger charge is -2.15. The maximum atomic E-state index is 8.75. The number of nitrogens with two attached hydrogens (primary N) is 1. The van der Waals surface area contributed by atoms with Crippen molar-refractivity contribution in [3.8, 4) is 0 Å². The van der Waals surface area contributed by atoms with Gasteiger partial charge in [0, 0.05) is 32.4 Å². The molecule has 94 valence electrons. The maximum Gasteiger partial charge on any atom is 0.0449 e. The zero-order valence-corrected chi connectivity index (χ0v) is 11.2. The summed E-state index contributed by atoms with van der Waals surface area (Å²) >= 11 is 0. The van der Waals surface area contributed by atoms with Crippen LogP contribution in [0.3, 0.4) is 0 Å². The number of anilines is 1. The van der Waals surface area contributed by atoms with Gasteiger partial charge in [0.25, 0.3) is 0 Å². The Labute approximate surface area is 109 Å². The first-order chi connectivity index (χ1) is 6.65. The predicted molar refractivity (Wildman–Crippen MR) is 73.9 cm³/mol. The summed E-state index contributed by atoms with van der Waals surface area (Å²) in [5, 5.41) is 8.75. The van der Waals surface area contributed by atoms with E-state index in [1.165, 1.54) is 0 Å². The molecule has 0 unspecified atom stereocenters. The second-order valence-corrected chi connectivity index (χ2v) is 3.60. The van der Waals surface area contributed by atoms with Crippen molar-refractivity contribution in [1.29, 1.82) is 0 Å². The van der Waals surface area contributed by atoms with Crippen molar-refractivity contribution < 1.29 is 5.11 Å². The lowest BCUT2D eigenvalue weighted by Crippen LogP contribution is -2.13. The highest BCUT2D eigenvalue weighted by Crippen LogP contribution is 2.17. The number of hydrogen-bond donors (Lipinski definition) is 2. The quantitative estimate of drug-likeness (QED) is 0.877. The molecule has 1 rings (SSSR count). The third-order valence-corrected chi connectivity index (χ3v) is 2.28. The summed E-state index contributed by atoms with van der Waals surface area (Å²) in [4.78, 5) is 2.04. The molecule has 0 radical (unpaired) electrons. The zero-order valence-electron chi connectivity index (χ0n) is 9.59. The second kappa shape index (κ2) is 8.65. The van der Waals surface area contributed by atoms with Crippen LogP contribution < -0.4 is 10.6 Å². The van der Waals surface area contributed by atoms with E-state index >= 15 is 0 Å². The van der Waals surface area contributed by atoms with E-state index in [1.807, 2.05) is 43.3 Å². The molecule has 0 aliphatic carbocycles. The van der Waals surface area contributed by atoms with Gasteiger partial charge in [-0.2, -0.15) is 0 Å². The molecule has 1 aromatic rings. The summed E-state index contributed by atoms with van der Waals surface area (Å²) in [6.07, 6.45) is 0.612. The van der Waals surface area contributed by atoms with Crippen LogP contribution in [0.2, 0.25) is 0 Å². The van der Waals surface area contributed by atoms with Gasteiger partial charge in [-0.25, -0.2) is 0 Å². The number of rotatable bonds is 4. The molecule has 0 saturated heterocycles. The minimum atomic E-state index is -0.0591. The summed E-state index contributed by atoms with van der Waals surface area (Å²) in [6.45, 7) is 0.136. The molecule has 0 amide bonds. The second-order valence-electron chi connectivity index (χ2n) is 3.60. The highest BCUT2D eigenvalue weighted by Gasteiger charge is 2.04. The van der Waals surface area contributed by atoms with Crippen LogP contribution in [0.5, 0.6) is 0 Å². The zero-order chi connectivity index (χ0) is 10.6. The molecular formula is C11H20Cl2N2O. The van der Waals surface area contributed by atoms with Crippen LogP contribution >= 0.6 is 24.8 Å². The fraction of sp³-hybridized carbons (Fsp3) is 0.455. The van der Waals surface area contributed by atoms with Gasteiger partial charge in [-0.1, -0.05) is 12.1 Å². The standard InChI is InChI=1S/C11H18N2O.2ClH/c1-13(2)10-5-3-9(4-6-10)11(12)7-8-14;;/h3-6,11,14H,7-8,12H2,1-2H3;2*1H/t11-;;/m0../s1. The number of halogens is 2. The van der Waals surface area contributed by atoms with Gasteiger partial charge >= 0.3 is 0 Å². The van der Waals surface area contributed by atoms with E-state index < -0.39 is 0 Å². The summed E-state index contributed by atoms with van der Waals surface area (Å²) in [6, 6.07) is 8.03. The number of hydrogen-bond acceptors (Lipinski definition) is 3. The topological polar surface area (TPSA) is 49.5 Å². The van der Waals surface area contributed by atoms with Gasteiger partial charge < -0.3 is 15.7 Å². The molecule has 5 heteroatoms. The predicted octanol–water partition coefficient (Wildman–Crippen LogP) is 1.98. The summed E-state index contributed by atoms with van der Waals surface area (Å²) < 4.78 is 0. The molecule has 0 saturated carbocycles. The van der Waals surface area contributed by atoms with Gasteiger partial charge in [-0.15, -0.1) is 24.8 Å². The molecule has 0 spiro atoms. The molecular weight excluding hydrogens is 247 g/mol. The van der Waals surface area contributed by atoms with Gasteiger partial charge in [0.15, 0.2) is 0 Å². The van der Waals surface area contributed by atoms with Crippen molar-refractivity contribution in [3.05, 3.63) is 29.8 Å². The van der Waals surface area contributed by atoms with Crippen molar-refractivity contribution in [2.24, 2.45) is 5.73 Å². The van der Waals surface area contributed by atoms with Crippen LogP contribution in [-0.2, 0) is 0 Å². The van der Waals surface area contributed by atoms with Crippen LogP contribution in [0.15, 0.2) is 24.3 Å². The average molecular weight is 267 g/mol. The monoisotopic (exact) mass is 266 g/mol. The van der Waals surface area contributed by atoms with Crippen LogP contribution in [0.1, 0.15) is 18.0 Å². The van der Waals surface area contributed by atoms with E-state index in [0.29, 0.717) is 6.42 Å². The Morgan fingerprint density at radius 1 is 1.19 bits per heavy atom. The lowest BCUT2D eigenvalue weighted by molar-refractivity contribution is 0.276. The van der Waals surface area contributed by atoms with Crippen LogP contribution in [0.25, 0.3) is 0 Å². The van der Waals surface area contributed by atoms with Gasteiger partial charge in [0.2, 0.25) is 0 Å². The Morgan fingerprint density at radius 2 is 1.69 bits per heavy atom. The number of nitrogens with zero attached hydrogens (tertiary/aromatic N) is 1. The maximum absolute atomic E-state index is 8.75. The minimum Gasteiger partial charge on any atom is -0.396 e. The minimum absolute atomic E-state index is 0. The van der Waals surface area contributed by atoms with Crippen LogP contribution in [0.4, 0.5) is 5.69 Å².